The normalized spacial score (nSPS) is 12.5. The molecule has 0 aliphatic heterocycles. The molecule has 1 atom stereocenters. The first kappa shape index (κ1) is 16.0. The van der Waals surface area contributed by atoms with E-state index in [0.717, 1.165) is 5.56 Å². The Bertz CT molecular complexity index is 470. The standard InChI is InChI=1S/C13H18ClNO3S/c1-7(2)4-9(13(17)18)5-15-12(16)11-10(14)8(3)6-19-11/h6-7,9H,4-5H2,1-3H3,(H,15,16)(H,17,18). The Morgan fingerprint density at radius 2 is 2.11 bits per heavy atom. The highest BCUT2D eigenvalue weighted by atomic mass is 35.5. The van der Waals surface area contributed by atoms with Gasteiger partial charge in [-0.15, -0.1) is 11.3 Å². The summed E-state index contributed by atoms with van der Waals surface area (Å²) in [6, 6.07) is 0. The minimum Gasteiger partial charge on any atom is -0.481 e. The molecule has 0 radical (unpaired) electrons. The van der Waals surface area contributed by atoms with E-state index in [1.165, 1.54) is 11.3 Å². The summed E-state index contributed by atoms with van der Waals surface area (Å²) >= 11 is 7.27. The van der Waals surface area contributed by atoms with Gasteiger partial charge in [0, 0.05) is 6.54 Å². The fourth-order valence-electron chi connectivity index (χ4n) is 1.72. The van der Waals surface area contributed by atoms with Gasteiger partial charge in [-0.2, -0.15) is 0 Å². The molecule has 1 unspecified atom stereocenters. The second-order valence-corrected chi connectivity index (χ2v) is 6.19. The van der Waals surface area contributed by atoms with Crippen LogP contribution in [-0.2, 0) is 4.79 Å². The first-order valence-corrected chi connectivity index (χ1v) is 7.33. The third kappa shape index (κ3) is 4.51. The summed E-state index contributed by atoms with van der Waals surface area (Å²) in [5, 5.41) is 14.0. The van der Waals surface area contributed by atoms with Crippen molar-refractivity contribution in [2.24, 2.45) is 11.8 Å². The molecule has 19 heavy (non-hydrogen) atoms. The van der Waals surface area contributed by atoms with E-state index in [4.69, 9.17) is 16.7 Å². The maximum absolute atomic E-state index is 11.9. The van der Waals surface area contributed by atoms with Crippen LogP contribution in [0, 0.1) is 18.8 Å². The number of carbonyl (C=O) groups is 2. The van der Waals surface area contributed by atoms with E-state index in [2.05, 4.69) is 5.32 Å². The molecule has 0 saturated carbocycles. The summed E-state index contributed by atoms with van der Waals surface area (Å²) in [6.07, 6.45) is 0.535. The summed E-state index contributed by atoms with van der Waals surface area (Å²) in [4.78, 5) is 23.4. The van der Waals surface area contributed by atoms with Gasteiger partial charge in [-0.25, -0.2) is 0 Å². The van der Waals surface area contributed by atoms with Crippen molar-refractivity contribution in [3.8, 4) is 0 Å². The summed E-state index contributed by atoms with van der Waals surface area (Å²) in [7, 11) is 0. The van der Waals surface area contributed by atoms with Crippen molar-refractivity contribution in [1.29, 1.82) is 0 Å². The number of aryl methyl sites for hydroxylation is 1. The maximum Gasteiger partial charge on any atom is 0.308 e. The van der Waals surface area contributed by atoms with Gasteiger partial charge in [0.05, 0.1) is 10.9 Å². The monoisotopic (exact) mass is 303 g/mol. The van der Waals surface area contributed by atoms with Crippen molar-refractivity contribution < 1.29 is 14.7 Å². The number of hydrogen-bond acceptors (Lipinski definition) is 3. The molecule has 1 aromatic rings. The molecule has 0 bridgehead atoms. The van der Waals surface area contributed by atoms with Gasteiger partial charge >= 0.3 is 5.97 Å². The van der Waals surface area contributed by atoms with Gasteiger partial charge in [0.15, 0.2) is 0 Å². The lowest BCUT2D eigenvalue weighted by Crippen LogP contribution is -2.33. The minimum atomic E-state index is -0.887. The fourth-order valence-corrected chi connectivity index (χ4v) is 2.91. The number of nitrogens with one attached hydrogen (secondary N) is 1. The number of rotatable bonds is 6. The lowest BCUT2D eigenvalue weighted by atomic mass is 9.97. The van der Waals surface area contributed by atoms with Gasteiger partial charge in [-0.05, 0) is 30.2 Å². The van der Waals surface area contributed by atoms with Gasteiger partial charge in [-0.3, -0.25) is 9.59 Å². The Morgan fingerprint density at radius 3 is 2.53 bits per heavy atom. The Balaban J connectivity index is 2.62. The van der Waals surface area contributed by atoms with Crippen LogP contribution in [0.1, 0.15) is 35.5 Å². The number of carbonyl (C=O) groups excluding carboxylic acids is 1. The molecular weight excluding hydrogens is 286 g/mol. The number of halogens is 1. The number of amides is 1. The largest absolute Gasteiger partial charge is 0.481 e. The quantitative estimate of drug-likeness (QED) is 0.848. The zero-order chi connectivity index (χ0) is 14.6. The number of aliphatic carboxylic acids is 1. The van der Waals surface area contributed by atoms with Crippen LogP contribution in [-0.4, -0.2) is 23.5 Å². The van der Waals surface area contributed by atoms with E-state index >= 15 is 0 Å². The maximum atomic E-state index is 11.9. The highest BCUT2D eigenvalue weighted by molar-refractivity contribution is 7.13. The van der Waals surface area contributed by atoms with Gasteiger partial charge in [0.25, 0.3) is 5.91 Å². The van der Waals surface area contributed by atoms with E-state index in [0.29, 0.717) is 16.3 Å². The van der Waals surface area contributed by atoms with Crippen LogP contribution < -0.4 is 5.32 Å². The number of thiophene rings is 1. The minimum absolute atomic E-state index is 0.125. The second kappa shape index (κ2) is 6.91. The molecule has 0 aliphatic rings. The molecule has 1 aromatic heterocycles. The molecule has 0 spiro atoms. The van der Waals surface area contributed by atoms with Crippen LogP contribution >= 0.6 is 22.9 Å². The summed E-state index contributed by atoms with van der Waals surface area (Å²) in [5.74, 6) is -1.49. The lowest BCUT2D eigenvalue weighted by Gasteiger charge is -2.15. The molecule has 1 amide bonds. The molecule has 1 heterocycles. The van der Waals surface area contributed by atoms with Gasteiger partial charge in [0.2, 0.25) is 0 Å². The third-order valence-electron chi connectivity index (χ3n) is 2.72. The van der Waals surface area contributed by atoms with Crippen LogP contribution in [0.15, 0.2) is 5.38 Å². The predicted molar refractivity (Wildman–Crippen MR) is 77.0 cm³/mol. The molecule has 6 heteroatoms. The van der Waals surface area contributed by atoms with Crippen LogP contribution in [0.4, 0.5) is 0 Å². The first-order valence-electron chi connectivity index (χ1n) is 6.07. The van der Waals surface area contributed by atoms with Crippen LogP contribution in [0.3, 0.4) is 0 Å². The van der Waals surface area contributed by atoms with Crippen molar-refractivity contribution in [3.05, 3.63) is 20.8 Å². The zero-order valence-corrected chi connectivity index (χ0v) is 12.8. The Morgan fingerprint density at radius 1 is 1.47 bits per heavy atom. The van der Waals surface area contributed by atoms with Crippen molar-refractivity contribution in [3.63, 3.8) is 0 Å². The van der Waals surface area contributed by atoms with E-state index in [9.17, 15) is 9.59 Å². The highest BCUT2D eigenvalue weighted by Crippen LogP contribution is 2.26. The summed E-state index contributed by atoms with van der Waals surface area (Å²) in [6.45, 7) is 5.86. The van der Waals surface area contributed by atoms with E-state index < -0.39 is 11.9 Å². The van der Waals surface area contributed by atoms with Gasteiger partial charge < -0.3 is 10.4 Å². The highest BCUT2D eigenvalue weighted by Gasteiger charge is 2.21. The lowest BCUT2D eigenvalue weighted by molar-refractivity contribution is -0.142. The number of hydrogen-bond donors (Lipinski definition) is 2. The molecule has 1 rings (SSSR count). The topological polar surface area (TPSA) is 66.4 Å². The van der Waals surface area contributed by atoms with Crippen LogP contribution in [0.25, 0.3) is 0 Å². The van der Waals surface area contributed by atoms with E-state index in [1.807, 2.05) is 20.8 Å². The SMILES string of the molecule is Cc1csc(C(=O)NCC(CC(C)C)C(=O)O)c1Cl. The smallest absolute Gasteiger partial charge is 0.308 e. The predicted octanol–water partition coefficient (Wildman–Crippen LogP) is 3.19. The van der Waals surface area contributed by atoms with Crippen molar-refractivity contribution >= 4 is 34.8 Å². The summed E-state index contributed by atoms with van der Waals surface area (Å²) < 4.78 is 0. The second-order valence-electron chi connectivity index (χ2n) is 4.94. The van der Waals surface area contributed by atoms with Crippen molar-refractivity contribution in [1.82, 2.24) is 5.32 Å². The third-order valence-corrected chi connectivity index (χ3v) is 4.42. The number of carboxylic acid groups (broad SMARTS) is 1. The van der Waals surface area contributed by atoms with E-state index in [-0.39, 0.29) is 18.4 Å². The molecule has 4 nitrogen and oxygen atoms in total. The average molecular weight is 304 g/mol. The van der Waals surface area contributed by atoms with Crippen molar-refractivity contribution in [2.45, 2.75) is 27.2 Å². The molecule has 0 fully saturated rings. The first-order chi connectivity index (χ1) is 8.82. The molecular formula is C13H18ClNO3S. The Kier molecular flexibility index (Phi) is 5.82. The van der Waals surface area contributed by atoms with Gasteiger partial charge in [-0.1, -0.05) is 25.4 Å². The fraction of sp³-hybridized carbons (Fsp3) is 0.538. The molecule has 0 aliphatic carbocycles. The molecule has 2 N–H and O–H groups in total. The Hall–Kier alpha value is -1.07. The van der Waals surface area contributed by atoms with E-state index in [1.54, 1.807) is 5.38 Å². The molecule has 0 saturated heterocycles. The van der Waals surface area contributed by atoms with Crippen molar-refractivity contribution in [2.75, 3.05) is 6.54 Å². The van der Waals surface area contributed by atoms with Crippen LogP contribution in [0.5, 0.6) is 0 Å². The molecule has 106 valence electrons. The Labute approximate surface area is 121 Å². The van der Waals surface area contributed by atoms with Gasteiger partial charge in [0.1, 0.15) is 4.88 Å². The zero-order valence-electron chi connectivity index (χ0n) is 11.2. The average Bonchev–Trinajstić information content (AvgIpc) is 2.64. The summed E-state index contributed by atoms with van der Waals surface area (Å²) in [5.41, 5.74) is 0.855. The molecule has 0 aromatic carbocycles. The van der Waals surface area contributed by atoms with Crippen LogP contribution in [0.2, 0.25) is 5.02 Å². The number of carboxylic acids is 1.